The molecule has 0 atom stereocenters. The first-order valence-electron chi connectivity index (χ1n) is 13.7. The van der Waals surface area contributed by atoms with Crippen molar-refractivity contribution in [2.24, 2.45) is 5.73 Å². The molecule has 0 saturated heterocycles. The first-order valence-corrected chi connectivity index (χ1v) is 13.7. The van der Waals surface area contributed by atoms with Gasteiger partial charge >= 0.3 is 5.97 Å². The van der Waals surface area contributed by atoms with Crippen molar-refractivity contribution in [1.29, 1.82) is 0 Å². The molecule has 8 nitrogen and oxygen atoms in total. The predicted octanol–water partition coefficient (Wildman–Crippen LogP) is 6.51. The van der Waals surface area contributed by atoms with Gasteiger partial charge in [0.15, 0.2) is 0 Å². The van der Waals surface area contributed by atoms with Crippen LogP contribution < -0.4 is 5.73 Å². The third-order valence-corrected chi connectivity index (χ3v) is 7.58. The Morgan fingerprint density at radius 3 is 2.48 bits per heavy atom. The van der Waals surface area contributed by atoms with Crippen molar-refractivity contribution in [3.05, 3.63) is 83.6 Å². The number of hydrogen-bond acceptors (Lipinski definition) is 4. The number of aromatic amines is 1. The Balaban J connectivity index is 0.000000184. The van der Waals surface area contributed by atoms with Gasteiger partial charge < -0.3 is 25.5 Å². The topological polar surface area (TPSA) is 134 Å². The molecule has 0 spiro atoms. The highest BCUT2D eigenvalue weighted by molar-refractivity contribution is 5.96. The molecule has 2 aromatic heterocycles. The Labute approximate surface area is 232 Å². The van der Waals surface area contributed by atoms with Crippen LogP contribution in [-0.4, -0.2) is 36.6 Å². The highest BCUT2D eigenvalue weighted by Gasteiger charge is 2.22. The zero-order valence-corrected chi connectivity index (χ0v) is 22.6. The van der Waals surface area contributed by atoms with Gasteiger partial charge in [-0.3, -0.25) is 9.59 Å². The van der Waals surface area contributed by atoms with Gasteiger partial charge in [-0.25, -0.2) is 4.98 Å². The summed E-state index contributed by atoms with van der Waals surface area (Å²) >= 11 is 0. The molecule has 6 rings (SSSR count). The van der Waals surface area contributed by atoms with E-state index < -0.39 is 11.9 Å². The number of aliphatic carboxylic acids is 1. The Morgan fingerprint density at radius 2 is 1.77 bits per heavy atom. The van der Waals surface area contributed by atoms with Crippen molar-refractivity contribution in [3.63, 3.8) is 0 Å². The van der Waals surface area contributed by atoms with Crippen LogP contribution in [-0.2, 0) is 11.2 Å². The van der Waals surface area contributed by atoms with Crippen LogP contribution in [0.5, 0.6) is 5.75 Å². The van der Waals surface area contributed by atoms with Gasteiger partial charge in [-0.2, -0.15) is 0 Å². The van der Waals surface area contributed by atoms with Crippen molar-refractivity contribution in [1.82, 2.24) is 14.5 Å². The molecule has 206 valence electrons. The zero-order chi connectivity index (χ0) is 28.2. The molecule has 1 amide bonds. The number of nitrogens with two attached hydrogens (primary N) is 1. The average molecular weight is 539 g/mol. The molecule has 0 bridgehead atoms. The Kier molecular flexibility index (Phi) is 7.86. The standard InChI is InChI=1S/C21H23N3O.C11H11NO3/c1-14-7-9-15(10-8-14)21-23-18-13-16(20(22)25)11-12-19(18)24(21)17-5-3-2-4-6-17;13-8-2-3-10-9(5-8)7(6-12-10)1-4-11(14)15/h7-13,17H,2-6H2,1H3,(H2,22,25);2-3,5-6,12-13H,1,4H2,(H,14,15). The second-order valence-electron chi connectivity index (χ2n) is 10.5. The van der Waals surface area contributed by atoms with Crippen molar-refractivity contribution < 1.29 is 19.8 Å². The number of imidazole rings is 1. The smallest absolute Gasteiger partial charge is 0.303 e. The molecule has 3 aromatic carbocycles. The van der Waals surface area contributed by atoms with Crippen molar-refractivity contribution >= 4 is 33.8 Å². The number of rotatable bonds is 6. The summed E-state index contributed by atoms with van der Waals surface area (Å²) in [5, 5.41) is 18.8. The highest BCUT2D eigenvalue weighted by atomic mass is 16.4. The predicted molar refractivity (Wildman–Crippen MR) is 156 cm³/mol. The number of carbonyl (C=O) groups excluding carboxylic acids is 1. The van der Waals surface area contributed by atoms with Crippen LogP contribution in [0.15, 0.2) is 66.9 Å². The summed E-state index contributed by atoms with van der Waals surface area (Å²) < 4.78 is 2.38. The number of fused-ring (bicyclic) bond motifs is 2. The van der Waals surface area contributed by atoms with Gasteiger partial charge in [-0.15, -0.1) is 0 Å². The van der Waals surface area contributed by atoms with Crippen LogP contribution in [0.25, 0.3) is 33.3 Å². The number of carboxylic acids is 1. The summed E-state index contributed by atoms with van der Waals surface area (Å²) in [4.78, 5) is 29.9. The number of phenolic OH excluding ortho intramolecular Hbond substituents is 1. The van der Waals surface area contributed by atoms with E-state index in [1.165, 1.54) is 37.7 Å². The van der Waals surface area contributed by atoms with Gasteiger partial charge in [0.1, 0.15) is 11.6 Å². The van der Waals surface area contributed by atoms with E-state index in [4.69, 9.17) is 15.8 Å². The summed E-state index contributed by atoms with van der Waals surface area (Å²) in [6, 6.07) is 19.6. The molecule has 5 N–H and O–H groups in total. The number of benzene rings is 3. The lowest BCUT2D eigenvalue weighted by Gasteiger charge is -2.25. The lowest BCUT2D eigenvalue weighted by Crippen LogP contribution is -2.14. The molecule has 0 radical (unpaired) electrons. The van der Waals surface area contributed by atoms with Crippen molar-refractivity contribution in [3.8, 4) is 17.1 Å². The quantitative estimate of drug-likeness (QED) is 0.196. The lowest BCUT2D eigenvalue weighted by molar-refractivity contribution is -0.136. The number of hydrogen-bond donors (Lipinski definition) is 4. The van der Waals surface area contributed by atoms with Gasteiger partial charge in [0.25, 0.3) is 0 Å². The van der Waals surface area contributed by atoms with Crippen molar-refractivity contribution in [2.45, 2.75) is 57.9 Å². The number of H-pyrrole nitrogens is 1. The monoisotopic (exact) mass is 538 g/mol. The molecule has 8 heteroatoms. The molecule has 2 heterocycles. The number of aromatic nitrogens is 3. The number of aryl methyl sites for hydroxylation is 2. The van der Waals surface area contributed by atoms with E-state index in [9.17, 15) is 14.7 Å². The number of carbonyl (C=O) groups is 2. The molecule has 1 fully saturated rings. The molecule has 5 aromatic rings. The number of aromatic hydroxyl groups is 1. The van der Waals surface area contributed by atoms with Gasteiger partial charge in [0, 0.05) is 40.7 Å². The second kappa shape index (κ2) is 11.7. The van der Waals surface area contributed by atoms with Crippen molar-refractivity contribution in [2.75, 3.05) is 0 Å². The molecule has 0 unspecified atom stereocenters. The summed E-state index contributed by atoms with van der Waals surface area (Å²) in [5.74, 6) is -0.0438. The first-order chi connectivity index (χ1) is 19.3. The third kappa shape index (κ3) is 5.86. The van der Waals surface area contributed by atoms with Crippen LogP contribution in [0.4, 0.5) is 0 Å². The maximum atomic E-state index is 11.5. The zero-order valence-electron chi connectivity index (χ0n) is 22.6. The van der Waals surface area contributed by atoms with Crippen LogP contribution in [0.2, 0.25) is 0 Å². The summed E-state index contributed by atoms with van der Waals surface area (Å²) in [6.45, 7) is 2.09. The van der Waals surface area contributed by atoms with E-state index in [-0.39, 0.29) is 12.2 Å². The van der Waals surface area contributed by atoms with E-state index in [0.717, 1.165) is 38.9 Å². The van der Waals surface area contributed by atoms with Crippen LogP contribution in [0, 0.1) is 6.92 Å². The molecular weight excluding hydrogens is 504 g/mol. The number of nitrogens with zero attached hydrogens (tertiary/aromatic N) is 2. The number of phenols is 1. The van der Waals surface area contributed by atoms with Crippen LogP contribution >= 0.6 is 0 Å². The van der Waals surface area contributed by atoms with Gasteiger partial charge in [-0.1, -0.05) is 49.1 Å². The van der Waals surface area contributed by atoms with Gasteiger partial charge in [-0.05, 0) is 68.1 Å². The number of carboxylic acid groups (broad SMARTS) is 1. The minimum Gasteiger partial charge on any atom is -0.508 e. The maximum Gasteiger partial charge on any atom is 0.303 e. The Bertz CT molecular complexity index is 1660. The fourth-order valence-corrected chi connectivity index (χ4v) is 5.48. The number of primary amides is 1. The van der Waals surface area contributed by atoms with E-state index in [2.05, 4.69) is 40.7 Å². The SMILES string of the molecule is Cc1ccc(-c2nc3cc(C(N)=O)ccc3n2C2CCCCC2)cc1.O=C(O)CCc1c[nH]c2ccc(O)cc12. The van der Waals surface area contributed by atoms with Gasteiger partial charge in [0.2, 0.25) is 5.91 Å². The molecule has 0 aliphatic heterocycles. The molecule has 1 aliphatic carbocycles. The molecular formula is C32H34N4O4. The van der Waals surface area contributed by atoms with E-state index in [0.29, 0.717) is 18.0 Å². The molecule has 1 aliphatic rings. The first kappa shape index (κ1) is 27.0. The molecule has 40 heavy (non-hydrogen) atoms. The summed E-state index contributed by atoms with van der Waals surface area (Å²) in [5.41, 5.74) is 12.1. The maximum absolute atomic E-state index is 11.5. The third-order valence-electron chi connectivity index (χ3n) is 7.58. The highest BCUT2D eigenvalue weighted by Crippen LogP contribution is 2.36. The van der Waals surface area contributed by atoms with Gasteiger partial charge in [0.05, 0.1) is 11.0 Å². The van der Waals surface area contributed by atoms with E-state index >= 15 is 0 Å². The minimum absolute atomic E-state index is 0.0998. The fourth-order valence-electron chi connectivity index (χ4n) is 5.48. The lowest BCUT2D eigenvalue weighted by atomic mass is 9.94. The number of nitrogens with one attached hydrogen (secondary N) is 1. The second-order valence-corrected chi connectivity index (χ2v) is 10.5. The van der Waals surface area contributed by atoms with Crippen LogP contribution in [0.3, 0.4) is 0 Å². The average Bonchev–Trinajstić information content (AvgIpc) is 3.53. The minimum atomic E-state index is -0.815. The normalized spacial score (nSPS) is 13.7. The summed E-state index contributed by atoms with van der Waals surface area (Å²) in [6.07, 6.45) is 8.56. The summed E-state index contributed by atoms with van der Waals surface area (Å²) in [7, 11) is 0. The van der Waals surface area contributed by atoms with Crippen LogP contribution in [0.1, 0.15) is 66.1 Å². The number of amides is 1. The largest absolute Gasteiger partial charge is 0.508 e. The Morgan fingerprint density at radius 1 is 1.02 bits per heavy atom. The van der Waals surface area contributed by atoms with E-state index in [1.54, 1.807) is 24.4 Å². The fraction of sp³-hybridized carbons (Fsp3) is 0.281. The molecule has 1 saturated carbocycles. The Hall–Kier alpha value is -4.59. The van der Waals surface area contributed by atoms with E-state index in [1.807, 2.05) is 18.2 Å².